The molecule has 5 heteroatoms. The fraction of sp³-hybridized carbons (Fsp3) is 0.370. The van der Waals surface area contributed by atoms with Gasteiger partial charge in [-0.1, -0.05) is 53.7 Å². The first-order valence-electron chi connectivity index (χ1n) is 11.4. The van der Waals surface area contributed by atoms with Crippen LogP contribution in [0.4, 0.5) is 0 Å². The number of aryl methyl sites for hydroxylation is 2. The Hall–Kier alpha value is -3.05. The summed E-state index contributed by atoms with van der Waals surface area (Å²) in [7, 11) is 1.70. The van der Waals surface area contributed by atoms with Crippen LogP contribution in [0.15, 0.2) is 76.8 Å². The first-order chi connectivity index (χ1) is 15.6. The fourth-order valence-electron chi connectivity index (χ4n) is 4.85. The second-order valence-electron chi connectivity index (χ2n) is 8.87. The number of nitrogens with zero attached hydrogens (tertiary/aromatic N) is 2. The average molecular weight is 430 g/mol. The molecule has 0 bridgehead atoms. The van der Waals surface area contributed by atoms with Gasteiger partial charge >= 0.3 is 0 Å². The third kappa shape index (κ3) is 4.89. The van der Waals surface area contributed by atoms with Crippen LogP contribution in [0.5, 0.6) is 0 Å². The van der Waals surface area contributed by atoms with E-state index in [0.717, 1.165) is 18.7 Å². The molecule has 0 radical (unpaired) electrons. The number of hydrogen-bond acceptors (Lipinski definition) is 4. The highest BCUT2D eigenvalue weighted by molar-refractivity contribution is 5.39. The molecule has 0 aliphatic carbocycles. The third-order valence-corrected chi connectivity index (χ3v) is 6.79. The summed E-state index contributed by atoms with van der Waals surface area (Å²) in [6, 6.07) is 20.0. The molecule has 1 aromatic heterocycles. The molecule has 32 heavy (non-hydrogen) atoms. The minimum Gasteiger partial charge on any atom is -0.318 e. The van der Waals surface area contributed by atoms with Gasteiger partial charge in [-0.3, -0.25) is 4.79 Å². The molecule has 1 aliphatic rings. The van der Waals surface area contributed by atoms with Crippen LogP contribution in [0.1, 0.15) is 65.0 Å². The largest absolute Gasteiger partial charge is 0.318 e. The van der Waals surface area contributed by atoms with Crippen molar-refractivity contribution >= 4 is 0 Å². The zero-order chi connectivity index (χ0) is 22.5. The van der Waals surface area contributed by atoms with Gasteiger partial charge in [0.2, 0.25) is 5.56 Å². The predicted molar refractivity (Wildman–Crippen MR) is 129 cm³/mol. The van der Waals surface area contributed by atoms with Crippen LogP contribution >= 0.6 is 0 Å². The van der Waals surface area contributed by atoms with E-state index in [1.165, 1.54) is 45.7 Å². The molecule has 1 fully saturated rings. The molecule has 0 saturated carbocycles. The number of rotatable bonds is 7. The van der Waals surface area contributed by atoms with Crippen molar-refractivity contribution in [3.8, 4) is 0 Å². The first-order valence-corrected chi connectivity index (χ1v) is 11.4. The molecule has 1 saturated heterocycles. The zero-order valence-electron chi connectivity index (χ0n) is 18.8. The maximum atomic E-state index is 11.9. The van der Waals surface area contributed by atoms with Crippen molar-refractivity contribution in [2.45, 2.75) is 44.1 Å². The number of nitrogens with one attached hydrogen (secondary N) is 1. The second-order valence-corrected chi connectivity index (χ2v) is 8.87. The smallest absolute Gasteiger partial charge is 0.250 e. The van der Waals surface area contributed by atoms with E-state index < -0.39 is 6.04 Å². The summed E-state index contributed by atoms with van der Waals surface area (Å²) in [6.45, 7) is 4.26. The molecule has 1 N–H and O–H groups in total. The summed E-state index contributed by atoms with van der Waals surface area (Å²) in [6.07, 6.45) is 4.62. The maximum absolute atomic E-state index is 11.9. The van der Waals surface area contributed by atoms with Gasteiger partial charge in [-0.2, -0.15) is 4.91 Å². The Morgan fingerprint density at radius 3 is 2.34 bits per heavy atom. The minimum atomic E-state index is -0.532. The van der Waals surface area contributed by atoms with Gasteiger partial charge in [-0.05, 0) is 79.1 Å². The Kier molecular flexibility index (Phi) is 6.96. The van der Waals surface area contributed by atoms with Gasteiger partial charge < -0.3 is 9.88 Å². The number of piperidine rings is 1. The lowest BCUT2D eigenvalue weighted by Crippen LogP contribution is -2.26. The molecule has 1 unspecified atom stereocenters. The molecule has 4 rings (SSSR count). The molecule has 2 aromatic carbocycles. The van der Waals surface area contributed by atoms with Crippen molar-refractivity contribution in [3.05, 3.63) is 110 Å². The van der Waals surface area contributed by atoms with Crippen LogP contribution in [0.3, 0.4) is 0 Å². The van der Waals surface area contributed by atoms with Gasteiger partial charge in [0, 0.05) is 25.2 Å². The van der Waals surface area contributed by atoms with E-state index >= 15 is 0 Å². The summed E-state index contributed by atoms with van der Waals surface area (Å²) >= 11 is 0. The van der Waals surface area contributed by atoms with Gasteiger partial charge in [0.1, 0.15) is 6.04 Å². The topological polar surface area (TPSA) is 63.5 Å². The van der Waals surface area contributed by atoms with Crippen molar-refractivity contribution in [1.29, 1.82) is 0 Å². The first kappa shape index (κ1) is 22.2. The van der Waals surface area contributed by atoms with Crippen LogP contribution in [0, 0.1) is 11.8 Å². The number of benzene rings is 2. The third-order valence-electron chi connectivity index (χ3n) is 6.79. The van der Waals surface area contributed by atoms with Gasteiger partial charge in [0.05, 0.1) is 0 Å². The van der Waals surface area contributed by atoms with E-state index in [0.29, 0.717) is 12.3 Å². The molecule has 2 heterocycles. The van der Waals surface area contributed by atoms with Crippen LogP contribution in [-0.4, -0.2) is 17.7 Å². The predicted octanol–water partition coefficient (Wildman–Crippen LogP) is 5.19. The number of aromatic nitrogens is 1. The van der Waals surface area contributed by atoms with Crippen LogP contribution in [0.2, 0.25) is 0 Å². The number of pyridine rings is 1. The van der Waals surface area contributed by atoms with E-state index in [-0.39, 0.29) is 11.5 Å². The lowest BCUT2D eigenvalue weighted by molar-refractivity contribution is 0.460. The van der Waals surface area contributed by atoms with Crippen molar-refractivity contribution < 1.29 is 0 Å². The molecule has 0 amide bonds. The van der Waals surface area contributed by atoms with Crippen molar-refractivity contribution in [2.24, 2.45) is 12.2 Å². The lowest BCUT2D eigenvalue weighted by atomic mass is 9.81. The quantitative estimate of drug-likeness (QED) is 0.526. The van der Waals surface area contributed by atoms with E-state index in [4.69, 9.17) is 0 Å². The zero-order valence-corrected chi connectivity index (χ0v) is 18.8. The lowest BCUT2D eigenvalue weighted by Gasteiger charge is -2.25. The van der Waals surface area contributed by atoms with E-state index in [1.54, 1.807) is 19.3 Å². The van der Waals surface area contributed by atoms with Gasteiger partial charge in [-0.15, -0.1) is 0 Å². The number of hydrogen-bond donors (Lipinski definition) is 1. The summed E-state index contributed by atoms with van der Waals surface area (Å²) in [4.78, 5) is 23.7. The van der Waals surface area contributed by atoms with Crippen LogP contribution in [0.25, 0.3) is 0 Å². The van der Waals surface area contributed by atoms with Crippen molar-refractivity contribution in [1.82, 2.24) is 9.88 Å². The Morgan fingerprint density at radius 2 is 1.69 bits per heavy atom. The van der Waals surface area contributed by atoms with Crippen molar-refractivity contribution in [2.75, 3.05) is 13.1 Å². The highest BCUT2D eigenvalue weighted by Crippen LogP contribution is 2.37. The Morgan fingerprint density at radius 1 is 1.00 bits per heavy atom. The standard InChI is InChI=1S/C27H31N3O2/c1-19-5-3-4-6-24(19)25(17-26(29-32)23-11-12-27(31)30(2)18-23)22-9-7-20(8-10-22)21-13-15-28-16-14-21/h3-12,18,21,25-26,28H,13-17H2,1-2H3/t25-,26?/m1/s1. The van der Waals surface area contributed by atoms with Crippen LogP contribution < -0.4 is 10.9 Å². The molecule has 5 nitrogen and oxygen atoms in total. The monoisotopic (exact) mass is 429 g/mol. The molecule has 0 spiro atoms. The summed E-state index contributed by atoms with van der Waals surface area (Å²) in [5.41, 5.74) is 5.66. The Bertz CT molecular complexity index is 1110. The average Bonchev–Trinajstić information content (AvgIpc) is 2.83. The second kappa shape index (κ2) is 10.0. The molecular weight excluding hydrogens is 398 g/mol. The highest BCUT2D eigenvalue weighted by Gasteiger charge is 2.24. The fourth-order valence-corrected chi connectivity index (χ4v) is 4.85. The minimum absolute atomic E-state index is 0.0400. The number of nitroso groups, excluding NO2 is 1. The van der Waals surface area contributed by atoms with Crippen LogP contribution in [-0.2, 0) is 7.05 Å². The molecular formula is C27H31N3O2. The van der Waals surface area contributed by atoms with Gasteiger partial charge in [0.15, 0.2) is 0 Å². The Balaban J connectivity index is 1.67. The van der Waals surface area contributed by atoms with Gasteiger partial charge in [0.25, 0.3) is 0 Å². The summed E-state index contributed by atoms with van der Waals surface area (Å²) < 4.78 is 1.50. The van der Waals surface area contributed by atoms with Gasteiger partial charge in [-0.25, -0.2) is 0 Å². The normalized spacial score (nSPS) is 16.4. The summed E-state index contributed by atoms with van der Waals surface area (Å²) in [5, 5.41) is 6.90. The Labute approximate surface area is 189 Å². The molecule has 1 aliphatic heterocycles. The molecule has 3 aromatic rings. The van der Waals surface area contributed by atoms with E-state index in [1.807, 2.05) is 12.1 Å². The molecule has 2 atom stereocenters. The molecule has 166 valence electrons. The van der Waals surface area contributed by atoms with E-state index in [9.17, 15) is 9.70 Å². The van der Waals surface area contributed by atoms with E-state index in [2.05, 4.69) is 53.8 Å². The SMILES string of the molecule is Cc1ccccc1[C@H](CC(N=O)c1ccc(=O)n(C)c1)c1ccc(C2CCNCC2)cc1. The maximum Gasteiger partial charge on any atom is 0.250 e. The summed E-state index contributed by atoms with van der Waals surface area (Å²) in [5.74, 6) is 0.649. The highest BCUT2D eigenvalue weighted by atomic mass is 16.3. The van der Waals surface area contributed by atoms with Crippen molar-refractivity contribution in [3.63, 3.8) is 0 Å².